The smallest absolute Gasteiger partial charge is 0.0465 e. The summed E-state index contributed by atoms with van der Waals surface area (Å²) in [4.78, 5) is 2.43. The molecule has 0 aromatic heterocycles. The van der Waals surface area contributed by atoms with Crippen molar-refractivity contribution in [3.63, 3.8) is 0 Å². The molecule has 1 nitrogen and oxygen atoms in total. The second-order valence-corrected chi connectivity index (χ2v) is 16.8. The number of benzene rings is 8. The van der Waals surface area contributed by atoms with Crippen molar-refractivity contribution < 1.29 is 0 Å². The highest BCUT2D eigenvalue weighted by molar-refractivity contribution is 6.04. The van der Waals surface area contributed by atoms with Crippen molar-refractivity contribution in [1.82, 2.24) is 0 Å². The Labute approximate surface area is 338 Å². The Morgan fingerprint density at radius 2 is 1.07 bits per heavy atom. The summed E-state index contributed by atoms with van der Waals surface area (Å²) in [5, 5.41) is 2.52. The van der Waals surface area contributed by atoms with Gasteiger partial charge in [0.1, 0.15) is 0 Å². The molecule has 0 spiro atoms. The summed E-state index contributed by atoms with van der Waals surface area (Å²) in [6.07, 6.45) is 6.76. The number of fused-ring (bicyclic) bond motifs is 4. The zero-order valence-corrected chi connectivity index (χ0v) is 33.3. The van der Waals surface area contributed by atoms with E-state index in [1.807, 2.05) is 0 Å². The van der Waals surface area contributed by atoms with Crippen LogP contribution in [0.1, 0.15) is 74.1 Å². The molecule has 10 rings (SSSR count). The lowest BCUT2D eigenvalue weighted by Gasteiger charge is -2.28. The number of hydrogen-bond donors (Lipinski definition) is 0. The molecule has 8 aromatic carbocycles. The largest absolute Gasteiger partial charge is 0.310 e. The molecular formula is C56H49N. The SMILES string of the molecule is Cc1cccc2c1-c1ccc(N(c3ccc(-c4ccc(C5CCCCC5)cc4)cc3)c3ccc(-c4ccc5ccccc5c4-c4ccccc4)cc3)cc1C2(C)C. The Morgan fingerprint density at radius 3 is 1.79 bits per heavy atom. The van der Waals surface area contributed by atoms with E-state index in [2.05, 4.69) is 202 Å². The van der Waals surface area contributed by atoms with Crippen molar-refractivity contribution in [2.75, 3.05) is 4.90 Å². The Hall–Kier alpha value is -6.18. The lowest BCUT2D eigenvalue weighted by Crippen LogP contribution is -2.16. The number of nitrogens with zero attached hydrogens (tertiary/aromatic N) is 1. The average molecular weight is 736 g/mol. The van der Waals surface area contributed by atoms with E-state index in [-0.39, 0.29) is 5.41 Å². The van der Waals surface area contributed by atoms with E-state index in [4.69, 9.17) is 0 Å². The van der Waals surface area contributed by atoms with E-state index in [0.717, 1.165) is 17.3 Å². The lowest BCUT2D eigenvalue weighted by molar-refractivity contribution is 0.443. The number of rotatable bonds is 7. The Bertz CT molecular complexity index is 2710. The number of anilines is 3. The molecule has 1 saturated carbocycles. The topological polar surface area (TPSA) is 3.24 Å². The van der Waals surface area contributed by atoms with Crippen LogP contribution in [0.3, 0.4) is 0 Å². The molecule has 2 aliphatic rings. The fourth-order valence-electron chi connectivity index (χ4n) is 9.95. The molecule has 2 aliphatic carbocycles. The van der Waals surface area contributed by atoms with Crippen LogP contribution in [0, 0.1) is 6.92 Å². The molecule has 0 heterocycles. The lowest BCUT2D eigenvalue weighted by atomic mass is 9.82. The normalized spacial score (nSPS) is 14.6. The second-order valence-electron chi connectivity index (χ2n) is 16.8. The van der Waals surface area contributed by atoms with Crippen LogP contribution in [0.2, 0.25) is 0 Å². The van der Waals surface area contributed by atoms with Crippen LogP contribution in [-0.2, 0) is 5.41 Å². The Morgan fingerprint density at radius 1 is 0.456 bits per heavy atom. The summed E-state index contributed by atoms with van der Waals surface area (Å²) in [5.74, 6) is 0.718. The molecule has 1 heteroatoms. The van der Waals surface area contributed by atoms with Crippen LogP contribution in [0.4, 0.5) is 17.1 Å². The third kappa shape index (κ3) is 6.27. The van der Waals surface area contributed by atoms with E-state index in [0.29, 0.717) is 0 Å². The molecular weight excluding hydrogens is 687 g/mol. The first-order valence-corrected chi connectivity index (χ1v) is 20.9. The van der Waals surface area contributed by atoms with Crippen LogP contribution in [-0.4, -0.2) is 0 Å². The van der Waals surface area contributed by atoms with Gasteiger partial charge >= 0.3 is 0 Å². The molecule has 0 amide bonds. The van der Waals surface area contributed by atoms with E-state index < -0.39 is 0 Å². The van der Waals surface area contributed by atoms with Crippen LogP contribution < -0.4 is 4.90 Å². The van der Waals surface area contributed by atoms with Crippen molar-refractivity contribution in [3.05, 3.63) is 198 Å². The Balaban J connectivity index is 1.06. The maximum Gasteiger partial charge on any atom is 0.0465 e. The summed E-state index contributed by atoms with van der Waals surface area (Å²) in [7, 11) is 0. The monoisotopic (exact) mass is 735 g/mol. The number of aryl methyl sites for hydroxylation is 1. The third-order valence-corrected chi connectivity index (χ3v) is 13.0. The van der Waals surface area contributed by atoms with Gasteiger partial charge in [-0.2, -0.15) is 0 Å². The van der Waals surface area contributed by atoms with Crippen LogP contribution >= 0.6 is 0 Å². The van der Waals surface area contributed by atoms with Crippen molar-refractivity contribution in [1.29, 1.82) is 0 Å². The molecule has 0 bridgehead atoms. The van der Waals surface area contributed by atoms with E-state index in [1.54, 1.807) is 0 Å². The molecule has 0 saturated heterocycles. The predicted molar refractivity (Wildman–Crippen MR) is 243 cm³/mol. The summed E-state index contributed by atoms with van der Waals surface area (Å²) in [5.41, 5.74) is 19.2. The average Bonchev–Trinajstić information content (AvgIpc) is 3.50. The predicted octanol–water partition coefficient (Wildman–Crippen LogP) is 16.0. The molecule has 8 aromatic rings. The zero-order valence-electron chi connectivity index (χ0n) is 33.3. The first kappa shape index (κ1) is 35.2. The highest BCUT2D eigenvalue weighted by Gasteiger charge is 2.36. The molecule has 278 valence electrons. The van der Waals surface area contributed by atoms with Crippen molar-refractivity contribution in [2.45, 2.75) is 64.2 Å². The number of hydrogen-bond acceptors (Lipinski definition) is 1. The quantitative estimate of drug-likeness (QED) is 0.158. The first-order valence-electron chi connectivity index (χ1n) is 20.9. The molecule has 1 fully saturated rings. The van der Waals surface area contributed by atoms with E-state index in [1.165, 1.54) is 115 Å². The fourth-order valence-corrected chi connectivity index (χ4v) is 9.95. The standard InChI is InChI=1S/C56H49N/c1-38-13-12-20-52-54(38)51-36-34-48(37-53(51)56(52,2)3)57(46-30-25-42(26-31-46)41-23-21-40(22-24-41)39-14-6-4-7-15-39)47-32-27-44(28-33-47)50-35-29-43-16-10-11-19-49(43)55(50)45-17-8-5-9-18-45/h5,8-13,16-37,39H,4,6-7,14-15H2,1-3H3. The third-order valence-electron chi connectivity index (χ3n) is 13.0. The maximum absolute atomic E-state index is 2.44. The minimum atomic E-state index is -0.0974. The summed E-state index contributed by atoms with van der Waals surface area (Å²) in [6, 6.07) is 65.8. The van der Waals surface area contributed by atoms with Crippen molar-refractivity contribution in [2.24, 2.45) is 0 Å². The molecule has 0 atom stereocenters. The van der Waals surface area contributed by atoms with Gasteiger partial charge in [0.25, 0.3) is 0 Å². The van der Waals surface area contributed by atoms with Gasteiger partial charge in [-0.15, -0.1) is 0 Å². The zero-order chi connectivity index (χ0) is 38.5. The second kappa shape index (κ2) is 14.4. The van der Waals surface area contributed by atoms with Crippen LogP contribution in [0.25, 0.3) is 55.3 Å². The summed E-state index contributed by atoms with van der Waals surface area (Å²) < 4.78 is 0. The van der Waals surface area contributed by atoms with Gasteiger partial charge in [0.2, 0.25) is 0 Å². The van der Waals surface area contributed by atoms with Crippen molar-refractivity contribution in [3.8, 4) is 44.5 Å². The van der Waals surface area contributed by atoms with Crippen molar-refractivity contribution >= 4 is 27.8 Å². The minimum Gasteiger partial charge on any atom is -0.310 e. The van der Waals surface area contributed by atoms with E-state index in [9.17, 15) is 0 Å². The van der Waals surface area contributed by atoms with Gasteiger partial charge in [-0.3, -0.25) is 0 Å². The molecule has 0 unspecified atom stereocenters. The molecule has 0 aliphatic heterocycles. The van der Waals surface area contributed by atoms with Gasteiger partial charge in [0, 0.05) is 22.5 Å². The maximum atomic E-state index is 2.44. The highest BCUT2D eigenvalue weighted by Crippen LogP contribution is 2.52. The van der Waals surface area contributed by atoms with Crippen LogP contribution in [0.5, 0.6) is 0 Å². The highest BCUT2D eigenvalue weighted by atomic mass is 15.1. The first-order chi connectivity index (χ1) is 27.9. The van der Waals surface area contributed by atoms with Gasteiger partial charge < -0.3 is 4.90 Å². The van der Waals surface area contributed by atoms with Gasteiger partial charge in [0.05, 0.1) is 0 Å². The van der Waals surface area contributed by atoms with Gasteiger partial charge in [-0.1, -0.05) is 173 Å². The minimum absolute atomic E-state index is 0.0974. The summed E-state index contributed by atoms with van der Waals surface area (Å²) >= 11 is 0. The van der Waals surface area contributed by atoms with Gasteiger partial charge in [0.15, 0.2) is 0 Å². The molecule has 0 N–H and O–H groups in total. The van der Waals surface area contributed by atoms with Gasteiger partial charge in [-0.05, 0) is 140 Å². The molecule has 0 radical (unpaired) electrons. The summed E-state index contributed by atoms with van der Waals surface area (Å²) in [6.45, 7) is 7.00. The van der Waals surface area contributed by atoms with Gasteiger partial charge in [-0.25, -0.2) is 0 Å². The van der Waals surface area contributed by atoms with Crippen LogP contribution in [0.15, 0.2) is 176 Å². The fraction of sp³-hybridized carbons (Fsp3) is 0.179. The molecule has 57 heavy (non-hydrogen) atoms. The Kier molecular flexibility index (Phi) is 8.90. The van der Waals surface area contributed by atoms with E-state index >= 15 is 0 Å².